The van der Waals surface area contributed by atoms with E-state index in [1.807, 2.05) is 0 Å². The van der Waals surface area contributed by atoms with Gasteiger partial charge in [0.05, 0.1) is 13.2 Å². The van der Waals surface area contributed by atoms with Crippen LogP contribution in [0.2, 0.25) is 0 Å². The van der Waals surface area contributed by atoms with Gasteiger partial charge in [-0.3, -0.25) is 0 Å². The van der Waals surface area contributed by atoms with Crippen LogP contribution >= 0.6 is 0 Å². The van der Waals surface area contributed by atoms with Gasteiger partial charge < -0.3 is 4.74 Å². The van der Waals surface area contributed by atoms with Gasteiger partial charge in [0.25, 0.3) is 0 Å². The van der Waals surface area contributed by atoms with Crippen LogP contribution in [-0.4, -0.2) is 62.1 Å². The molecule has 44 valence electrons. The van der Waals surface area contributed by atoms with Crippen molar-refractivity contribution in [1.29, 1.82) is 0 Å². The first-order chi connectivity index (χ1) is 3.41. The standard InChI is InChI=1S/C6H10O.Ba.2H/c1-3-5-7-6-4-2;;;/h3-4H,1-2,5-6H2;;;. The Morgan fingerprint density at radius 2 is 1.50 bits per heavy atom. The van der Waals surface area contributed by atoms with E-state index in [2.05, 4.69) is 13.2 Å². The molecule has 0 aromatic carbocycles. The first kappa shape index (κ1) is 11.8. The summed E-state index contributed by atoms with van der Waals surface area (Å²) in [6.45, 7) is 8.18. The van der Waals surface area contributed by atoms with E-state index in [4.69, 9.17) is 4.74 Å². The summed E-state index contributed by atoms with van der Waals surface area (Å²) in [6.07, 6.45) is 3.42. The van der Waals surface area contributed by atoms with Crippen LogP contribution < -0.4 is 0 Å². The van der Waals surface area contributed by atoms with E-state index < -0.39 is 0 Å². The molecular weight excluding hydrogens is 225 g/mol. The fourth-order valence-electron chi connectivity index (χ4n) is 0.235. The SMILES string of the molecule is C=CCOCC=C.[BaH2]. The Labute approximate surface area is 90.9 Å². The van der Waals surface area contributed by atoms with Gasteiger partial charge in [-0.1, -0.05) is 12.2 Å². The zero-order valence-electron chi connectivity index (χ0n) is 4.39. The quantitative estimate of drug-likeness (QED) is 0.392. The molecule has 0 aliphatic heterocycles. The van der Waals surface area contributed by atoms with Gasteiger partial charge >= 0.3 is 48.9 Å². The van der Waals surface area contributed by atoms with Crippen LogP contribution in [-0.2, 0) is 4.74 Å². The van der Waals surface area contributed by atoms with Gasteiger partial charge in [0.2, 0.25) is 0 Å². The van der Waals surface area contributed by atoms with Crippen LogP contribution in [0.1, 0.15) is 0 Å². The molecule has 0 saturated heterocycles. The number of rotatable bonds is 4. The molecule has 0 bridgehead atoms. The number of ether oxygens (including phenoxy) is 1. The van der Waals surface area contributed by atoms with Crippen molar-refractivity contribution in [2.45, 2.75) is 0 Å². The molecule has 0 N–H and O–H groups in total. The third-order valence-electron chi connectivity index (χ3n) is 0.471. The van der Waals surface area contributed by atoms with E-state index in [1.54, 1.807) is 12.2 Å². The van der Waals surface area contributed by atoms with Crippen LogP contribution in [0.15, 0.2) is 25.3 Å². The maximum absolute atomic E-state index is 4.90. The van der Waals surface area contributed by atoms with Gasteiger partial charge in [0.15, 0.2) is 0 Å². The molecule has 0 aromatic heterocycles. The van der Waals surface area contributed by atoms with Crippen LogP contribution in [0.25, 0.3) is 0 Å². The Bertz CT molecular complexity index is 53.5. The minimum atomic E-state index is 0. The topological polar surface area (TPSA) is 9.23 Å². The zero-order chi connectivity index (χ0) is 5.54. The molecule has 0 unspecified atom stereocenters. The molecule has 0 spiro atoms. The Hall–Kier alpha value is 1.01. The van der Waals surface area contributed by atoms with Crippen molar-refractivity contribution in [3.63, 3.8) is 0 Å². The predicted octanol–water partition coefficient (Wildman–Crippen LogP) is 0.459. The average molecular weight is 237 g/mol. The average Bonchev–Trinajstić information content (AvgIpc) is 1.69. The molecule has 0 aliphatic carbocycles. The van der Waals surface area contributed by atoms with Crippen LogP contribution in [0, 0.1) is 0 Å². The van der Waals surface area contributed by atoms with Crippen molar-refractivity contribution in [3.8, 4) is 0 Å². The van der Waals surface area contributed by atoms with Crippen LogP contribution in [0.4, 0.5) is 0 Å². The second-order valence-corrected chi connectivity index (χ2v) is 1.11. The molecule has 0 atom stereocenters. The molecule has 0 radical (unpaired) electrons. The number of hydrogen-bond acceptors (Lipinski definition) is 1. The molecule has 0 rings (SSSR count). The van der Waals surface area contributed by atoms with Crippen molar-refractivity contribution < 1.29 is 4.74 Å². The molecule has 0 aromatic rings. The van der Waals surface area contributed by atoms with Gasteiger partial charge in [-0.05, 0) is 0 Å². The van der Waals surface area contributed by atoms with Crippen molar-refractivity contribution in [2.24, 2.45) is 0 Å². The molecule has 2 heteroatoms. The molecule has 0 amide bonds. The van der Waals surface area contributed by atoms with Gasteiger partial charge in [-0.25, -0.2) is 0 Å². The Balaban J connectivity index is 0. The van der Waals surface area contributed by atoms with Gasteiger partial charge in [-0.2, -0.15) is 0 Å². The Morgan fingerprint density at radius 3 is 1.75 bits per heavy atom. The molecule has 1 nitrogen and oxygen atoms in total. The summed E-state index contributed by atoms with van der Waals surface area (Å²) in [5.41, 5.74) is 0. The van der Waals surface area contributed by atoms with Crippen molar-refractivity contribution in [1.82, 2.24) is 0 Å². The zero-order valence-corrected chi connectivity index (χ0v) is 4.39. The summed E-state index contributed by atoms with van der Waals surface area (Å²) in [6, 6.07) is 0. The normalized spacial score (nSPS) is 7.00. The first-order valence-corrected chi connectivity index (χ1v) is 2.21. The minimum absolute atomic E-state index is 0. The van der Waals surface area contributed by atoms with Gasteiger partial charge in [0.1, 0.15) is 0 Å². The molecule has 8 heavy (non-hydrogen) atoms. The summed E-state index contributed by atoms with van der Waals surface area (Å²) in [5.74, 6) is 0. The third-order valence-corrected chi connectivity index (χ3v) is 0.471. The summed E-state index contributed by atoms with van der Waals surface area (Å²) < 4.78 is 4.90. The second-order valence-electron chi connectivity index (χ2n) is 1.11. The van der Waals surface area contributed by atoms with Crippen molar-refractivity contribution >= 4 is 48.9 Å². The van der Waals surface area contributed by atoms with E-state index in [0.29, 0.717) is 13.2 Å². The third kappa shape index (κ3) is 10.1. The molecule has 0 aliphatic rings. The molecular formula is C6H12BaO. The monoisotopic (exact) mass is 238 g/mol. The predicted molar refractivity (Wildman–Crippen MR) is 39.8 cm³/mol. The molecule has 0 saturated carbocycles. The van der Waals surface area contributed by atoms with Crippen LogP contribution in [0.5, 0.6) is 0 Å². The van der Waals surface area contributed by atoms with E-state index >= 15 is 0 Å². The van der Waals surface area contributed by atoms with Gasteiger partial charge in [-0.15, -0.1) is 13.2 Å². The fourth-order valence-corrected chi connectivity index (χ4v) is 0.235. The summed E-state index contributed by atoms with van der Waals surface area (Å²) >= 11 is 0. The van der Waals surface area contributed by atoms with E-state index in [-0.39, 0.29) is 48.9 Å². The summed E-state index contributed by atoms with van der Waals surface area (Å²) in [7, 11) is 0. The van der Waals surface area contributed by atoms with E-state index in [0.717, 1.165) is 0 Å². The van der Waals surface area contributed by atoms with Gasteiger partial charge in [0, 0.05) is 0 Å². The molecule has 0 fully saturated rings. The summed E-state index contributed by atoms with van der Waals surface area (Å²) in [4.78, 5) is 0. The first-order valence-electron chi connectivity index (χ1n) is 2.21. The second kappa shape index (κ2) is 10.9. The molecule has 0 heterocycles. The summed E-state index contributed by atoms with van der Waals surface area (Å²) in [5, 5.41) is 0. The maximum atomic E-state index is 4.90. The van der Waals surface area contributed by atoms with E-state index in [9.17, 15) is 0 Å². The van der Waals surface area contributed by atoms with E-state index in [1.165, 1.54) is 0 Å². The fraction of sp³-hybridized carbons (Fsp3) is 0.333. The van der Waals surface area contributed by atoms with Crippen molar-refractivity contribution in [2.75, 3.05) is 13.2 Å². The van der Waals surface area contributed by atoms with Crippen LogP contribution in [0.3, 0.4) is 0 Å². The Morgan fingerprint density at radius 1 is 1.12 bits per heavy atom. The van der Waals surface area contributed by atoms with Crippen molar-refractivity contribution in [3.05, 3.63) is 25.3 Å². The Kier molecular flexibility index (Phi) is 16.0. The number of hydrogen-bond donors (Lipinski definition) is 0.